The fraction of sp³-hybridized carbons (Fsp3) is 0.455. The summed E-state index contributed by atoms with van der Waals surface area (Å²) in [6.45, 7) is 0.425. The molecule has 0 atom stereocenters. The second-order valence-corrected chi connectivity index (χ2v) is 3.74. The molecule has 0 aromatic carbocycles. The lowest BCUT2D eigenvalue weighted by Crippen LogP contribution is -2.41. The van der Waals surface area contributed by atoms with Crippen LogP contribution in [0.3, 0.4) is 0 Å². The molecule has 0 saturated carbocycles. The summed E-state index contributed by atoms with van der Waals surface area (Å²) < 4.78 is 0. The molecule has 1 fully saturated rings. The summed E-state index contributed by atoms with van der Waals surface area (Å²) in [5, 5.41) is 0. The number of rotatable bonds is 3. The van der Waals surface area contributed by atoms with Crippen molar-refractivity contribution in [3.63, 3.8) is 0 Å². The molecule has 2 rings (SSSR count). The average Bonchev–Trinajstić information content (AvgIpc) is 2.30. The Morgan fingerprint density at radius 2 is 2.00 bits per heavy atom. The Balaban J connectivity index is 1.94. The van der Waals surface area contributed by atoms with E-state index in [4.69, 9.17) is 0 Å². The zero-order valence-corrected chi connectivity index (χ0v) is 8.93. The summed E-state index contributed by atoms with van der Waals surface area (Å²) in [5.41, 5.74) is 0.848. The predicted molar refractivity (Wildman–Crippen MR) is 56.3 cm³/mol. The molecule has 5 heteroatoms. The van der Waals surface area contributed by atoms with Crippen molar-refractivity contribution in [1.82, 2.24) is 14.9 Å². The highest BCUT2D eigenvalue weighted by Gasteiger charge is 2.25. The maximum absolute atomic E-state index is 11.5. The molecule has 16 heavy (non-hydrogen) atoms. The topological polar surface area (TPSA) is 63.2 Å². The van der Waals surface area contributed by atoms with Crippen LogP contribution in [0.25, 0.3) is 0 Å². The number of hydrogen-bond donors (Lipinski definition) is 0. The number of carbonyl (C=O) groups excluding carboxylic acids is 2. The van der Waals surface area contributed by atoms with Crippen molar-refractivity contribution < 1.29 is 9.59 Å². The Morgan fingerprint density at radius 3 is 2.62 bits per heavy atom. The van der Waals surface area contributed by atoms with E-state index in [-0.39, 0.29) is 11.8 Å². The lowest BCUT2D eigenvalue weighted by atomic mass is 10.1. The summed E-state index contributed by atoms with van der Waals surface area (Å²) in [7, 11) is 0. The number of nitrogens with zero attached hydrogens (tertiary/aromatic N) is 3. The minimum absolute atomic E-state index is 0.0645. The summed E-state index contributed by atoms with van der Waals surface area (Å²) in [6.07, 6.45) is 5.37. The van der Waals surface area contributed by atoms with E-state index in [1.807, 2.05) is 0 Å². The van der Waals surface area contributed by atoms with Gasteiger partial charge in [0.15, 0.2) is 0 Å². The maximum atomic E-state index is 11.5. The second-order valence-electron chi connectivity index (χ2n) is 3.74. The van der Waals surface area contributed by atoms with Crippen molar-refractivity contribution in [2.45, 2.75) is 25.7 Å². The van der Waals surface area contributed by atoms with Crippen LogP contribution in [-0.4, -0.2) is 33.2 Å². The Labute approximate surface area is 93.5 Å². The predicted octanol–water partition coefficient (Wildman–Crippen LogP) is 0.558. The molecule has 1 saturated heterocycles. The number of likely N-dealkylation sites (tertiary alicyclic amines) is 1. The third kappa shape index (κ3) is 2.42. The summed E-state index contributed by atoms with van der Waals surface area (Å²) in [6, 6.07) is 1.79. The number of hydrogen-bond acceptors (Lipinski definition) is 4. The molecule has 0 N–H and O–H groups in total. The first kappa shape index (κ1) is 10.7. The highest BCUT2D eigenvalue weighted by molar-refractivity contribution is 5.97. The van der Waals surface area contributed by atoms with Crippen LogP contribution in [0.5, 0.6) is 0 Å². The van der Waals surface area contributed by atoms with Crippen molar-refractivity contribution in [3.05, 3.63) is 24.3 Å². The second kappa shape index (κ2) is 4.83. The van der Waals surface area contributed by atoms with Gasteiger partial charge in [-0.3, -0.25) is 14.5 Å². The van der Waals surface area contributed by atoms with Crippen LogP contribution in [-0.2, 0) is 16.0 Å². The van der Waals surface area contributed by atoms with E-state index < -0.39 is 0 Å². The van der Waals surface area contributed by atoms with E-state index in [9.17, 15) is 9.59 Å². The van der Waals surface area contributed by atoms with Gasteiger partial charge in [0.05, 0.1) is 0 Å². The van der Waals surface area contributed by atoms with Crippen LogP contribution >= 0.6 is 0 Å². The lowest BCUT2D eigenvalue weighted by Gasteiger charge is -2.24. The van der Waals surface area contributed by atoms with Crippen LogP contribution in [0, 0.1) is 0 Å². The van der Waals surface area contributed by atoms with Crippen LogP contribution in [0.1, 0.15) is 25.0 Å². The highest BCUT2D eigenvalue weighted by atomic mass is 16.2. The normalized spacial score (nSPS) is 16.6. The molecule has 0 radical (unpaired) electrons. The van der Waals surface area contributed by atoms with E-state index in [2.05, 4.69) is 9.97 Å². The standard InChI is InChI=1S/C11H13N3O2/c15-10-2-1-3-11(16)14(10)7-5-9-4-6-12-8-13-9/h4,6,8H,1-3,5,7H2. The molecule has 1 aromatic heterocycles. The lowest BCUT2D eigenvalue weighted by molar-refractivity contribution is -0.147. The van der Waals surface area contributed by atoms with Crippen LogP contribution in [0.15, 0.2) is 18.6 Å². The van der Waals surface area contributed by atoms with Crippen LogP contribution in [0.4, 0.5) is 0 Å². The van der Waals surface area contributed by atoms with Crippen molar-refractivity contribution in [1.29, 1.82) is 0 Å². The van der Waals surface area contributed by atoms with Gasteiger partial charge >= 0.3 is 0 Å². The zero-order chi connectivity index (χ0) is 11.4. The van der Waals surface area contributed by atoms with E-state index in [0.717, 1.165) is 5.69 Å². The van der Waals surface area contributed by atoms with Gasteiger partial charge in [0.2, 0.25) is 11.8 Å². The molecule has 1 aliphatic rings. The molecule has 0 spiro atoms. The number of imide groups is 1. The Bertz CT molecular complexity index is 375. The summed E-state index contributed by atoms with van der Waals surface area (Å²) in [5.74, 6) is -0.129. The van der Waals surface area contributed by atoms with Gasteiger partial charge in [-0.2, -0.15) is 0 Å². The molecule has 0 bridgehead atoms. The highest BCUT2D eigenvalue weighted by Crippen LogP contribution is 2.12. The Hall–Kier alpha value is -1.78. The Kier molecular flexibility index (Phi) is 3.24. The van der Waals surface area contributed by atoms with Gasteiger partial charge in [-0.25, -0.2) is 9.97 Å². The summed E-state index contributed by atoms with van der Waals surface area (Å²) >= 11 is 0. The molecule has 1 aliphatic heterocycles. The summed E-state index contributed by atoms with van der Waals surface area (Å²) in [4.78, 5) is 32.2. The molecule has 2 heterocycles. The van der Waals surface area contributed by atoms with Crippen LogP contribution < -0.4 is 0 Å². The first-order valence-corrected chi connectivity index (χ1v) is 5.35. The van der Waals surface area contributed by atoms with Crippen molar-refractivity contribution in [2.24, 2.45) is 0 Å². The van der Waals surface area contributed by atoms with Gasteiger partial charge in [0.25, 0.3) is 0 Å². The molecule has 0 unspecified atom stereocenters. The van der Waals surface area contributed by atoms with Gasteiger partial charge in [0, 0.05) is 37.7 Å². The minimum atomic E-state index is -0.0645. The average molecular weight is 219 g/mol. The largest absolute Gasteiger partial charge is 0.282 e. The first-order chi connectivity index (χ1) is 7.77. The van der Waals surface area contributed by atoms with Crippen LogP contribution in [0.2, 0.25) is 0 Å². The van der Waals surface area contributed by atoms with Gasteiger partial charge in [-0.05, 0) is 12.5 Å². The smallest absolute Gasteiger partial charge is 0.229 e. The van der Waals surface area contributed by atoms with Gasteiger partial charge in [0.1, 0.15) is 6.33 Å². The zero-order valence-electron chi connectivity index (χ0n) is 8.93. The van der Waals surface area contributed by atoms with Gasteiger partial charge in [-0.1, -0.05) is 0 Å². The van der Waals surface area contributed by atoms with E-state index >= 15 is 0 Å². The van der Waals surface area contributed by atoms with E-state index in [1.165, 1.54) is 11.2 Å². The SMILES string of the molecule is O=C1CCCC(=O)N1CCc1ccncn1. The monoisotopic (exact) mass is 219 g/mol. The molecule has 2 amide bonds. The molecular weight excluding hydrogens is 206 g/mol. The van der Waals surface area contributed by atoms with Gasteiger partial charge < -0.3 is 0 Å². The fourth-order valence-electron chi connectivity index (χ4n) is 1.74. The third-order valence-electron chi connectivity index (χ3n) is 2.62. The molecule has 84 valence electrons. The number of aromatic nitrogens is 2. The molecule has 0 aliphatic carbocycles. The van der Waals surface area contributed by atoms with Gasteiger partial charge in [-0.15, -0.1) is 0 Å². The molecule has 1 aromatic rings. The van der Waals surface area contributed by atoms with Crippen molar-refractivity contribution in [3.8, 4) is 0 Å². The number of carbonyl (C=O) groups is 2. The maximum Gasteiger partial charge on any atom is 0.229 e. The Morgan fingerprint density at radius 1 is 1.25 bits per heavy atom. The molecular formula is C11H13N3O2. The quantitative estimate of drug-likeness (QED) is 0.697. The van der Waals surface area contributed by atoms with Crippen molar-refractivity contribution >= 4 is 11.8 Å². The number of piperidine rings is 1. The minimum Gasteiger partial charge on any atom is -0.282 e. The molecule has 5 nitrogen and oxygen atoms in total. The van der Waals surface area contributed by atoms with E-state index in [1.54, 1.807) is 12.3 Å². The van der Waals surface area contributed by atoms with Crippen molar-refractivity contribution in [2.75, 3.05) is 6.54 Å². The van der Waals surface area contributed by atoms with E-state index in [0.29, 0.717) is 32.2 Å². The first-order valence-electron chi connectivity index (χ1n) is 5.35. The fourth-order valence-corrected chi connectivity index (χ4v) is 1.74. The third-order valence-corrected chi connectivity index (χ3v) is 2.62. The number of amides is 2.